The van der Waals surface area contributed by atoms with E-state index < -0.39 is 0 Å². The van der Waals surface area contributed by atoms with Gasteiger partial charge in [0, 0.05) is 18.8 Å². The molecule has 2 unspecified atom stereocenters. The second kappa shape index (κ2) is 6.12. The van der Waals surface area contributed by atoms with Crippen molar-refractivity contribution in [1.29, 1.82) is 0 Å². The lowest BCUT2D eigenvalue weighted by Gasteiger charge is -2.44. The Morgan fingerprint density at radius 1 is 1.41 bits per heavy atom. The minimum Gasteiger partial charge on any atom is -0.319 e. The maximum absolute atomic E-state index is 4.42. The van der Waals surface area contributed by atoms with E-state index in [0.29, 0.717) is 0 Å². The highest BCUT2D eigenvalue weighted by molar-refractivity contribution is 5.04. The smallest absolute Gasteiger partial charge is 0.0544 e. The third-order valence-corrected chi connectivity index (χ3v) is 3.81. The number of pyridine rings is 1. The molecule has 1 aliphatic rings. The molecule has 0 spiro atoms. The van der Waals surface area contributed by atoms with Gasteiger partial charge < -0.3 is 5.32 Å². The molecule has 1 saturated carbocycles. The van der Waals surface area contributed by atoms with E-state index >= 15 is 0 Å². The number of hydrogen-bond acceptors (Lipinski definition) is 3. The van der Waals surface area contributed by atoms with Gasteiger partial charge >= 0.3 is 0 Å². The van der Waals surface area contributed by atoms with Crippen molar-refractivity contribution in [2.75, 3.05) is 20.1 Å². The SMILES string of the molecule is CCN(Cc1ccccn1)C1CCC1CNC. The molecule has 3 heteroatoms. The first-order chi connectivity index (χ1) is 8.35. The van der Waals surface area contributed by atoms with Gasteiger partial charge in [0.2, 0.25) is 0 Å². The molecule has 1 fully saturated rings. The maximum Gasteiger partial charge on any atom is 0.0544 e. The highest BCUT2D eigenvalue weighted by Crippen LogP contribution is 2.32. The van der Waals surface area contributed by atoms with E-state index in [2.05, 4.69) is 34.3 Å². The number of aromatic nitrogens is 1. The van der Waals surface area contributed by atoms with Crippen LogP contribution >= 0.6 is 0 Å². The topological polar surface area (TPSA) is 28.2 Å². The Bertz CT molecular complexity index is 325. The van der Waals surface area contributed by atoms with E-state index in [-0.39, 0.29) is 0 Å². The minimum atomic E-state index is 0.745. The Morgan fingerprint density at radius 3 is 2.82 bits per heavy atom. The Kier molecular flexibility index (Phi) is 4.51. The van der Waals surface area contributed by atoms with Crippen LogP contribution in [0.3, 0.4) is 0 Å². The molecule has 1 heterocycles. The van der Waals surface area contributed by atoms with Crippen molar-refractivity contribution in [3.05, 3.63) is 30.1 Å². The summed E-state index contributed by atoms with van der Waals surface area (Å²) in [5, 5.41) is 3.30. The lowest BCUT2D eigenvalue weighted by Crippen LogP contribution is -2.49. The molecule has 1 aromatic heterocycles. The van der Waals surface area contributed by atoms with Gasteiger partial charge in [-0.15, -0.1) is 0 Å². The van der Waals surface area contributed by atoms with Gasteiger partial charge in [-0.2, -0.15) is 0 Å². The van der Waals surface area contributed by atoms with Crippen LogP contribution < -0.4 is 5.32 Å². The van der Waals surface area contributed by atoms with Crippen LogP contribution in [0.15, 0.2) is 24.4 Å². The van der Waals surface area contributed by atoms with Crippen LogP contribution in [-0.2, 0) is 6.54 Å². The Labute approximate surface area is 104 Å². The van der Waals surface area contributed by atoms with Crippen molar-refractivity contribution in [2.24, 2.45) is 5.92 Å². The van der Waals surface area contributed by atoms with Crippen LogP contribution in [0.2, 0.25) is 0 Å². The molecule has 1 aliphatic carbocycles. The molecular formula is C14H23N3. The van der Waals surface area contributed by atoms with Crippen molar-refractivity contribution >= 4 is 0 Å². The summed E-state index contributed by atoms with van der Waals surface area (Å²) in [6, 6.07) is 6.91. The normalized spacial score (nSPS) is 23.7. The molecule has 94 valence electrons. The number of nitrogens with zero attached hydrogens (tertiary/aromatic N) is 2. The first kappa shape index (κ1) is 12.5. The van der Waals surface area contributed by atoms with Gasteiger partial charge in [0.15, 0.2) is 0 Å². The van der Waals surface area contributed by atoms with Crippen LogP contribution in [0.4, 0.5) is 0 Å². The molecule has 0 bridgehead atoms. The Hall–Kier alpha value is -0.930. The van der Waals surface area contributed by atoms with Crippen LogP contribution in [-0.4, -0.2) is 36.1 Å². The van der Waals surface area contributed by atoms with Crippen molar-refractivity contribution < 1.29 is 0 Å². The van der Waals surface area contributed by atoms with E-state index in [0.717, 1.165) is 31.6 Å². The first-order valence-corrected chi connectivity index (χ1v) is 6.63. The zero-order valence-electron chi connectivity index (χ0n) is 10.9. The van der Waals surface area contributed by atoms with Crippen LogP contribution in [0, 0.1) is 5.92 Å². The Balaban J connectivity index is 1.93. The third kappa shape index (κ3) is 3.05. The fourth-order valence-corrected chi connectivity index (χ4v) is 2.70. The molecule has 17 heavy (non-hydrogen) atoms. The highest BCUT2D eigenvalue weighted by atomic mass is 15.2. The van der Waals surface area contributed by atoms with Gasteiger partial charge in [-0.3, -0.25) is 9.88 Å². The van der Waals surface area contributed by atoms with Gasteiger partial charge in [0.1, 0.15) is 0 Å². The molecule has 1 N–H and O–H groups in total. The van der Waals surface area contributed by atoms with E-state index in [1.807, 2.05) is 19.3 Å². The summed E-state index contributed by atoms with van der Waals surface area (Å²) in [6.07, 6.45) is 4.59. The van der Waals surface area contributed by atoms with E-state index in [1.54, 1.807) is 0 Å². The zero-order chi connectivity index (χ0) is 12.1. The molecule has 1 aromatic rings. The van der Waals surface area contributed by atoms with Gasteiger partial charge in [-0.1, -0.05) is 13.0 Å². The summed E-state index contributed by atoms with van der Waals surface area (Å²) < 4.78 is 0. The van der Waals surface area contributed by atoms with Gasteiger partial charge in [-0.05, 0) is 51.0 Å². The third-order valence-electron chi connectivity index (χ3n) is 3.81. The molecule has 2 atom stereocenters. The first-order valence-electron chi connectivity index (χ1n) is 6.63. The lowest BCUT2D eigenvalue weighted by molar-refractivity contribution is 0.0599. The zero-order valence-corrected chi connectivity index (χ0v) is 10.9. The summed E-state index contributed by atoms with van der Waals surface area (Å²) in [7, 11) is 2.05. The molecule has 0 saturated heterocycles. The van der Waals surface area contributed by atoms with E-state index in [9.17, 15) is 0 Å². The standard InChI is InChI=1S/C14H23N3/c1-3-17(11-13-6-4-5-9-16-13)14-8-7-12(14)10-15-2/h4-6,9,12,14-15H,3,7-8,10-11H2,1-2H3. The quantitative estimate of drug-likeness (QED) is 0.813. The summed E-state index contributed by atoms with van der Waals surface area (Å²) in [6.45, 7) is 5.49. The minimum absolute atomic E-state index is 0.745. The largest absolute Gasteiger partial charge is 0.319 e. The predicted octanol–water partition coefficient (Wildman–Crippen LogP) is 1.90. The second-order valence-corrected chi connectivity index (χ2v) is 4.85. The number of rotatable bonds is 6. The van der Waals surface area contributed by atoms with Crippen LogP contribution in [0.1, 0.15) is 25.5 Å². The highest BCUT2D eigenvalue weighted by Gasteiger charge is 2.34. The van der Waals surface area contributed by atoms with Gasteiger partial charge in [0.05, 0.1) is 5.69 Å². The lowest BCUT2D eigenvalue weighted by atomic mass is 9.78. The van der Waals surface area contributed by atoms with Crippen LogP contribution in [0.25, 0.3) is 0 Å². The Morgan fingerprint density at radius 2 is 2.29 bits per heavy atom. The van der Waals surface area contributed by atoms with Crippen LogP contribution in [0.5, 0.6) is 0 Å². The van der Waals surface area contributed by atoms with E-state index in [4.69, 9.17) is 0 Å². The summed E-state index contributed by atoms with van der Waals surface area (Å²) >= 11 is 0. The monoisotopic (exact) mass is 233 g/mol. The number of hydrogen-bond donors (Lipinski definition) is 1. The predicted molar refractivity (Wildman–Crippen MR) is 70.8 cm³/mol. The summed E-state index contributed by atoms with van der Waals surface area (Å²) in [5.41, 5.74) is 1.18. The molecular weight excluding hydrogens is 210 g/mol. The fourth-order valence-electron chi connectivity index (χ4n) is 2.70. The number of nitrogens with one attached hydrogen (secondary N) is 1. The van der Waals surface area contributed by atoms with Gasteiger partial charge in [0.25, 0.3) is 0 Å². The molecule has 0 amide bonds. The van der Waals surface area contributed by atoms with Crippen molar-refractivity contribution in [1.82, 2.24) is 15.2 Å². The average molecular weight is 233 g/mol. The summed E-state index contributed by atoms with van der Waals surface area (Å²) in [4.78, 5) is 6.98. The molecule has 0 aromatic carbocycles. The molecule has 2 rings (SSSR count). The summed E-state index contributed by atoms with van der Waals surface area (Å²) in [5.74, 6) is 0.823. The molecule has 0 aliphatic heterocycles. The van der Waals surface area contributed by atoms with Gasteiger partial charge in [-0.25, -0.2) is 0 Å². The van der Waals surface area contributed by atoms with Crippen molar-refractivity contribution in [3.8, 4) is 0 Å². The van der Waals surface area contributed by atoms with E-state index in [1.165, 1.54) is 18.5 Å². The average Bonchev–Trinajstić information content (AvgIpc) is 2.35. The second-order valence-electron chi connectivity index (χ2n) is 4.85. The maximum atomic E-state index is 4.42. The molecule has 0 radical (unpaired) electrons. The van der Waals surface area contributed by atoms with Crippen molar-refractivity contribution in [2.45, 2.75) is 32.4 Å². The molecule has 3 nitrogen and oxygen atoms in total. The fraction of sp³-hybridized carbons (Fsp3) is 0.643. The van der Waals surface area contributed by atoms with Crippen molar-refractivity contribution in [3.63, 3.8) is 0 Å².